The van der Waals surface area contributed by atoms with E-state index >= 15 is 0 Å². The van der Waals surface area contributed by atoms with Gasteiger partial charge in [0.05, 0.1) is 5.56 Å². The summed E-state index contributed by atoms with van der Waals surface area (Å²) < 4.78 is 41.1. The van der Waals surface area contributed by atoms with E-state index in [2.05, 4.69) is 20.7 Å². The fraction of sp³-hybridized carbons (Fsp3) is 0.417. The molecule has 0 N–H and O–H groups in total. The van der Waals surface area contributed by atoms with Gasteiger partial charge < -0.3 is 9.64 Å². The van der Waals surface area contributed by atoms with Crippen molar-refractivity contribution in [3.63, 3.8) is 0 Å². The number of hydrogen-bond acceptors (Lipinski definition) is 2. The molecule has 1 aromatic carbocycles. The van der Waals surface area contributed by atoms with Gasteiger partial charge in [-0.1, -0.05) is 6.07 Å². The Balaban J connectivity index is 3.21. The van der Waals surface area contributed by atoms with Gasteiger partial charge in [0.1, 0.15) is 5.75 Å². The van der Waals surface area contributed by atoms with Gasteiger partial charge >= 0.3 is 6.36 Å². The van der Waals surface area contributed by atoms with Gasteiger partial charge in [0.15, 0.2) is 0 Å². The molecule has 0 fully saturated rings. The molecule has 1 amide bonds. The Hall–Kier alpha value is -1.24. The molecule has 1 aromatic rings. The highest BCUT2D eigenvalue weighted by atomic mass is 79.9. The molecule has 1 rings (SSSR count). The van der Waals surface area contributed by atoms with Gasteiger partial charge in [0.2, 0.25) is 0 Å². The summed E-state index contributed by atoms with van der Waals surface area (Å²) in [5.41, 5.74) is -0.122. The predicted molar refractivity (Wildman–Crippen MR) is 68.1 cm³/mol. The summed E-state index contributed by atoms with van der Waals surface area (Å²) in [6, 6.07) is 4.00. The van der Waals surface area contributed by atoms with Crippen LogP contribution >= 0.6 is 15.9 Å². The minimum absolute atomic E-state index is 0.122. The smallest absolute Gasteiger partial charge is 0.405 e. The third-order valence-corrected chi connectivity index (χ3v) is 3.13. The van der Waals surface area contributed by atoms with Gasteiger partial charge in [-0.15, -0.1) is 13.2 Å². The molecule has 106 valence electrons. The highest BCUT2D eigenvalue weighted by Gasteiger charge is 2.34. The lowest BCUT2D eigenvalue weighted by molar-refractivity contribution is -0.274. The Morgan fingerprint density at radius 3 is 2.37 bits per heavy atom. The standard InChI is InChI=1S/C12H13BrF3NO2/c1-3-17(4-2)11(18)10-8(13)6-5-7-9(10)19-12(14,15)16/h5-7H,3-4H2,1-2H3. The molecular weight excluding hydrogens is 327 g/mol. The van der Waals surface area contributed by atoms with Crippen LogP contribution in [0.25, 0.3) is 0 Å². The van der Waals surface area contributed by atoms with Crippen molar-refractivity contribution in [3.8, 4) is 5.75 Å². The highest BCUT2D eigenvalue weighted by molar-refractivity contribution is 9.10. The van der Waals surface area contributed by atoms with Crippen LogP contribution in [0, 0.1) is 0 Å². The molecule has 0 saturated heterocycles. The zero-order chi connectivity index (χ0) is 14.6. The van der Waals surface area contributed by atoms with Crippen LogP contribution in [0.3, 0.4) is 0 Å². The van der Waals surface area contributed by atoms with E-state index in [0.29, 0.717) is 13.1 Å². The summed E-state index contributed by atoms with van der Waals surface area (Å²) in [4.78, 5) is 13.6. The molecule has 0 unspecified atom stereocenters. The van der Waals surface area contributed by atoms with Crippen molar-refractivity contribution in [2.24, 2.45) is 0 Å². The van der Waals surface area contributed by atoms with E-state index in [1.54, 1.807) is 13.8 Å². The normalized spacial score (nSPS) is 11.3. The molecule has 7 heteroatoms. The van der Waals surface area contributed by atoms with Crippen LogP contribution in [0.4, 0.5) is 13.2 Å². The maximum absolute atomic E-state index is 12.3. The van der Waals surface area contributed by atoms with E-state index in [1.165, 1.54) is 17.0 Å². The Bertz CT molecular complexity index is 459. The minimum atomic E-state index is -4.83. The summed E-state index contributed by atoms with van der Waals surface area (Å²) in [6.45, 7) is 4.31. The summed E-state index contributed by atoms with van der Waals surface area (Å²) in [5.74, 6) is -1.00. The Kier molecular flexibility index (Phi) is 5.22. The number of benzene rings is 1. The molecule has 0 atom stereocenters. The van der Waals surface area contributed by atoms with Gasteiger partial charge in [0, 0.05) is 17.6 Å². The number of halogens is 4. The SMILES string of the molecule is CCN(CC)C(=O)c1c(Br)cccc1OC(F)(F)F. The molecule has 0 bridgehead atoms. The zero-order valence-corrected chi connectivity index (χ0v) is 12.0. The molecule has 0 aliphatic heterocycles. The molecule has 0 aliphatic carbocycles. The Morgan fingerprint density at radius 1 is 1.32 bits per heavy atom. The number of hydrogen-bond donors (Lipinski definition) is 0. The molecule has 0 spiro atoms. The molecule has 3 nitrogen and oxygen atoms in total. The lowest BCUT2D eigenvalue weighted by atomic mass is 10.1. The summed E-state index contributed by atoms with van der Waals surface area (Å²) in [7, 11) is 0. The van der Waals surface area contributed by atoms with Crippen molar-refractivity contribution in [2.45, 2.75) is 20.2 Å². The molecule has 0 saturated carbocycles. The van der Waals surface area contributed by atoms with Gasteiger partial charge in [-0.3, -0.25) is 4.79 Å². The van der Waals surface area contributed by atoms with Gasteiger partial charge in [-0.05, 0) is 41.9 Å². The second-order valence-electron chi connectivity index (χ2n) is 3.64. The van der Waals surface area contributed by atoms with Crippen molar-refractivity contribution in [3.05, 3.63) is 28.2 Å². The maximum atomic E-state index is 12.3. The van der Waals surface area contributed by atoms with Crippen molar-refractivity contribution in [2.75, 3.05) is 13.1 Å². The van der Waals surface area contributed by atoms with Crippen LogP contribution in [-0.2, 0) is 0 Å². The topological polar surface area (TPSA) is 29.5 Å². The van der Waals surface area contributed by atoms with Crippen LogP contribution in [0.15, 0.2) is 22.7 Å². The van der Waals surface area contributed by atoms with Crippen molar-refractivity contribution in [1.82, 2.24) is 4.90 Å². The van der Waals surface area contributed by atoms with Crippen LogP contribution in [-0.4, -0.2) is 30.3 Å². The third kappa shape index (κ3) is 4.12. The van der Waals surface area contributed by atoms with E-state index in [4.69, 9.17) is 0 Å². The first kappa shape index (κ1) is 15.8. The number of carbonyl (C=O) groups excluding carboxylic acids is 1. The monoisotopic (exact) mass is 339 g/mol. The second-order valence-corrected chi connectivity index (χ2v) is 4.49. The average Bonchev–Trinajstić information content (AvgIpc) is 2.28. The first-order chi connectivity index (χ1) is 8.80. The van der Waals surface area contributed by atoms with Gasteiger partial charge in [0.25, 0.3) is 5.91 Å². The third-order valence-electron chi connectivity index (χ3n) is 2.47. The molecular formula is C12H13BrF3NO2. The number of carbonyl (C=O) groups is 1. The first-order valence-electron chi connectivity index (χ1n) is 5.63. The number of amides is 1. The quantitative estimate of drug-likeness (QED) is 0.834. The van der Waals surface area contributed by atoms with Gasteiger partial charge in [-0.25, -0.2) is 0 Å². The first-order valence-corrected chi connectivity index (χ1v) is 6.43. The van der Waals surface area contributed by atoms with E-state index in [1.807, 2.05) is 0 Å². The fourth-order valence-electron chi connectivity index (χ4n) is 1.59. The zero-order valence-electron chi connectivity index (χ0n) is 10.4. The predicted octanol–water partition coefficient (Wildman–Crippen LogP) is 3.83. The van der Waals surface area contributed by atoms with Crippen LogP contribution < -0.4 is 4.74 Å². The molecule has 0 radical (unpaired) electrons. The van der Waals surface area contributed by atoms with Crippen molar-refractivity contribution in [1.29, 1.82) is 0 Å². The summed E-state index contributed by atoms with van der Waals surface area (Å²) in [5, 5.41) is 0. The molecule has 19 heavy (non-hydrogen) atoms. The van der Waals surface area contributed by atoms with E-state index in [-0.39, 0.29) is 10.0 Å². The minimum Gasteiger partial charge on any atom is -0.405 e. The molecule has 0 aromatic heterocycles. The molecule has 0 heterocycles. The summed E-state index contributed by atoms with van der Waals surface area (Å²) >= 11 is 3.09. The van der Waals surface area contributed by atoms with Crippen LogP contribution in [0.5, 0.6) is 5.75 Å². The number of ether oxygens (including phenoxy) is 1. The van der Waals surface area contributed by atoms with Crippen LogP contribution in [0.1, 0.15) is 24.2 Å². The number of alkyl halides is 3. The average molecular weight is 340 g/mol. The van der Waals surface area contributed by atoms with Crippen LogP contribution in [0.2, 0.25) is 0 Å². The Morgan fingerprint density at radius 2 is 1.89 bits per heavy atom. The van der Waals surface area contributed by atoms with E-state index in [0.717, 1.165) is 6.07 Å². The largest absolute Gasteiger partial charge is 0.573 e. The van der Waals surface area contributed by atoms with E-state index < -0.39 is 18.0 Å². The number of rotatable bonds is 4. The van der Waals surface area contributed by atoms with Crippen molar-refractivity contribution >= 4 is 21.8 Å². The fourth-order valence-corrected chi connectivity index (χ4v) is 2.11. The maximum Gasteiger partial charge on any atom is 0.573 e. The lowest BCUT2D eigenvalue weighted by Gasteiger charge is -2.21. The van der Waals surface area contributed by atoms with Gasteiger partial charge in [-0.2, -0.15) is 0 Å². The number of nitrogens with zero attached hydrogens (tertiary/aromatic N) is 1. The molecule has 0 aliphatic rings. The summed E-state index contributed by atoms with van der Waals surface area (Å²) in [6.07, 6.45) is -4.83. The Labute approximate surface area is 117 Å². The van der Waals surface area contributed by atoms with E-state index in [9.17, 15) is 18.0 Å². The second kappa shape index (κ2) is 6.27. The lowest BCUT2D eigenvalue weighted by Crippen LogP contribution is -2.31. The highest BCUT2D eigenvalue weighted by Crippen LogP contribution is 2.32. The van der Waals surface area contributed by atoms with Crippen molar-refractivity contribution < 1.29 is 22.7 Å².